The van der Waals surface area contributed by atoms with Crippen LogP contribution in [0.2, 0.25) is 5.02 Å². The average molecular weight is 371 g/mol. The van der Waals surface area contributed by atoms with Gasteiger partial charge in [0.2, 0.25) is 0 Å². The highest BCUT2D eigenvalue weighted by Gasteiger charge is 2.18. The number of benzene rings is 1. The molecule has 24 heavy (non-hydrogen) atoms. The molecule has 1 aliphatic heterocycles. The molecule has 1 unspecified atom stereocenters. The fourth-order valence-electron chi connectivity index (χ4n) is 2.69. The summed E-state index contributed by atoms with van der Waals surface area (Å²) in [6.07, 6.45) is 4.03. The van der Waals surface area contributed by atoms with Gasteiger partial charge in [0, 0.05) is 17.8 Å². The van der Waals surface area contributed by atoms with E-state index in [0.717, 1.165) is 25.9 Å². The molecule has 1 aromatic heterocycles. The standard InChI is InChI=1S/C16H19ClN4O2.ClH/c1-23-15-5-4-11(17)9-14(15)19-16(22)13-6-8-21(20-13)12-3-2-7-18-10-12;/h4-6,8-9,12,18H,2-3,7,10H2,1H3,(H,19,22);1H. The van der Waals surface area contributed by atoms with Crippen molar-refractivity contribution in [3.05, 3.63) is 41.2 Å². The van der Waals surface area contributed by atoms with Crippen molar-refractivity contribution >= 4 is 35.6 Å². The van der Waals surface area contributed by atoms with Gasteiger partial charge in [-0.05, 0) is 43.7 Å². The summed E-state index contributed by atoms with van der Waals surface area (Å²) in [5, 5.41) is 11.1. The number of anilines is 1. The number of piperidine rings is 1. The van der Waals surface area contributed by atoms with Crippen molar-refractivity contribution in [1.82, 2.24) is 15.1 Å². The Balaban J connectivity index is 0.00000208. The molecule has 6 nitrogen and oxygen atoms in total. The van der Waals surface area contributed by atoms with E-state index in [-0.39, 0.29) is 18.3 Å². The number of ether oxygens (including phenoxy) is 1. The number of methoxy groups -OCH3 is 1. The van der Waals surface area contributed by atoms with Crippen molar-refractivity contribution in [3.8, 4) is 5.75 Å². The van der Waals surface area contributed by atoms with E-state index in [9.17, 15) is 4.79 Å². The molecule has 0 saturated carbocycles. The average Bonchev–Trinajstić information content (AvgIpc) is 3.06. The number of carbonyl (C=O) groups is 1. The van der Waals surface area contributed by atoms with E-state index in [1.807, 2.05) is 10.9 Å². The number of rotatable bonds is 4. The first-order valence-electron chi connectivity index (χ1n) is 7.58. The molecule has 0 aliphatic carbocycles. The summed E-state index contributed by atoms with van der Waals surface area (Å²) >= 11 is 5.98. The van der Waals surface area contributed by atoms with Crippen molar-refractivity contribution in [2.45, 2.75) is 18.9 Å². The monoisotopic (exact) mass is 370 g/mol. The zero-order chi connectivity index (χ0) is 16.2. The highest BCUT2D eigenvalue weighted by molar-refractivity contribution is 6.31. The number of amides is 1. The molecule has 2 N–H and O–H groups in total. The van der Waals surface area contributed by atoms with Crippen molar-refractivity contribution in [2.24, 2.45) is 0 Å². The fourth-order valence-corrected chi connectivity index (χ4v) is 2.86. The summed E-state index contributed by atoms with van der Waals surface area (Å²) in [6, 6.07) is 7.10. The molecule has 1 aliphatic rings. The quantitative estimate of drug-likeness (QED) is 0.867. The van der Waals surface area contributed by atoms with Crippen LogP contribution in [0.25, 0.3) is 0 Å². The zero-order valence-corrected chi connectivity index (χ0v) is 14.9. The van der Waals surface area contributed by atoms with E-state index in [1.54, 1.807) is 31.4 Å². The molecule has 0 spiro atoms. The molecule has 1 amide bonds. The van der Waals surface area contributed by atoms with Crippen LogP contribution in [-0.4, -0.2) is 35.9 Å². The lowest BCUT2D eigenvalue weighted by Gasteiger charge is -2.22. The third kappa shape index (κ3) is 4.20. The van der Waals surface area contributed by atoms with Gasteiger partial charge >= 0.3 is 0 Å². The van der Waals surface area contributed by atoms with Crippen LogP contribution in [0.3, 0.4) is 0 Å². The molecule has 1 fully saturated rings. The van der Waals surface area contributed by atoms with Crippen molar-refractivity contribution in [1.29, 1.82) is 0 Å². The molecule has 1 aromatic carbocycles. The van der Waals surface area contributed by atoms with Gasteiger partial charge < -0.3 is 15.4 Å². The third-order valence-electron chi connectivity index (χ3n) is 3.90. The lowest BCUT2D eigenvalue weighted by Crippen LogP contribution is -2.32. The summed E-state index contributed by atoms with van der Waals surface area (Å²) in [7, 11) is 1.55. The van der Waals surface area contributed by atoms with E-state index >= 15 is 0 Å². The van der Waals surface area contributed by atoms with Crippen molar-refractivity contribution < 1.29 is 9.53 Å². The van der Waals surface area contributed by atoms with Crippen molar-refractivity contribution in [3.63, 3.8) is 0 Å². The Bertz CT molecular complexity index is 699. The Morgan fingerprint density at radius 2 is 2.29 bits per heavy atom. The van der Waals surface area contributed by atoms with Crippen LogP contribution in [0.15, 0.2) is 30.5 Å². The van der Waals surface area contributed by atoms with Crippen molar-refractivity contribution in [2.75, 3.05) is 25.5 Å². The molecular weight excluding hydrogens is 351 g/mol. The first-order chi connectivity index (χ1) is 11.2. The molecule has 130 valence electrons. The minimum absolute atomic E-state index is 0. The van der Waals surface area contributed by atoms with Gasteiger partial charge in [-0.1, -0.05) is 11.6 Å². The molecule has 3 rings (SSSR count). The summed E-state index contributed by atoms with van der Waals surface area (Å²) in [6.45, 7) is 1.92. The van der Waals surface area contributed by atoms with Gasteiger partial charge in [0.25, 0.3) is 5.91 Å². The molecule has 1 atom stereocenters. The number of hydrogen-bond donors (Lipinski definition) is 2. The predicted molar refractivity (Wildman–Crippen MR) is 96.6 cm³/mol. The molecule has 2 aromatic rings. The smallest absolute Gasteiger partial charge is 0.276 e. The summed E-state index contributed by atoms with van der Waals surface area (Å²) in [4.78, 5) is 12.4. The maximum atomic E-state index is 12.4. The van der Waals surface area contributed by atoms with Gasteiger partial charge in [-0.2, -0.15) is 5.10 Å². The Morgan fingerprint density at radius 3 is 3.00 bits per heavy atom. The van der Waals surface area contributed by atoms with E-state index in [1.165, 1.54) is 0 Å². The minimum atomic E-state index is -0.284. The van der Waals surface area contributed by atoms with Gasteiger partial charge in [-0.3, -0.25) is 9.48 Å². The highest BCUT2D eigenvalue weighted by Crippen LogP contribution is 2.28. The number of nitrogens with one attached hydrogen (secondary N) is 2. The van der Waals surface area contributed by atoms with Gasteiger partial charge in [-0.15, -0.1) is 12.4 Å². The normalized spacial score (nSPS) is 17.0. The molecule has 0 radical (unpaired) electrons. The second kappa shape index (κ2) is 8.37. The fraction of sp³-hybridized carbons (Fsp3) is 0.375. The predicted octanol–water partition coefficient (Wildman–Crippen LogP) is 3.14. The number of carbonyl (C=O) groups excluding carboxylic acids is 1. The Kier molecular flexibility index (Phi) is 6.48. The van der Waals surface area contributed by atoms with Gasteiger partial charge in [-0.25, -0.2) is 0 Å². The van der Waals surface area contributed by atoms with Crippen LogP contribution in [-0.2, 0) is 0 Å². The maximum absolute atomic E-state index is 12.4. The Morgan fingerprint density at radius 1 is 1.46 bits per heavy atom. The lowest BCUT2D eigenvalue weighted by atomic mass is 10.1. The summed E-state index contributed by atoms with van der Waals surface area (Å²) in [5.41, 5.74) is 0.900. The molecule has 0 bridgehead atoms. The number of nitrogens with zero attached hydrogens (tertiary/aromatic N) is 2. The van der Waals surface area contributed by atoms with Gasteiger partial charge in [0.1, 0.15) is 5.75 Å². The minimum Gasteiger partial charge on any atom is -0.495 e. The maximum Gasteiger partial charge on any atom is 0.276 e. The third-order valence-corrected chi connectivity index (χ3v) is 4.13. The molecule has 1 saturated heterocycles. The van der Waals surface area contributed by atoms with Gasteiger partial charge in [0.15, 0.2) is 5.69 Å². The second-order valence-corrected chi connectivity index (χ2v) is 5.92. The summed E-state index contributed by atoms with van der Waals surface area (Å²) in [5.74, 6) is 0.270. The van der Waals surface area contributed by atoms with Crippen LogP contribution in [0.5, 0.6) is 5.75 Å². The van der Waals surface area contributed by atoms with E-state index in [0.29, 0.717) is 28.2 Å². The van der Waals surface area contributed by atoms with Crippen LogP contribution in [0.4, 0.5) is 5.69 Å². The largest absolute Gasteiger partial charge is 0.495 e. The molecule has 2 heterocycles. The number of halogens is 2. The first kappa shape index (κ1) is 18.6. The van der Waals surface area contributed by atoms with E-state index in [2.05, 4.69) is 15.7 Å². The van der Waals surface area contributed by atoms with Gasteiger partial charge in [0.05, 0.1) is 18.8 Å². The van der Waals surface area contributed by atoms with E-state index in [4.69, 9.17) is 16.3 Å². The lowest BCUT2D eigenvalue weighted by molar-refractivity contribution is 0.102. The highest BCUT2D eigenvalue weighted by atomic mass is 35.5. The Hall–Kier alpha value is -1.76. The second-order valence-electron chi connectivity index (χ2n) is 5.48. The van der Waals surface area contributed by atoms with E-state index < -0.39 is 0 Å². The van der Waals surface area contributed by atoms with Crippen LogP contribution in [0.1, 0.15) is 29.4 Å². The SMILES string of the molecule is COc1ccc(Cl)cc1NC(=O)c1ccn(C2CCCNC2)n1.Cl. The first-order valence-corrected chi connectivity index (χ1v) is 7.96. The Labute approximate surface area is 151 Å². The summed E-state index contributed by atoms with van der Waals surface area (Å²) < 4.78 is 7.09. The molecular formula is C16H20Cl2N4O2. The van der Waals surface area contributed by atoms with Crippen LogP contribution >= 0.6 is 24.0 Å². The number of hydrogen-bond acceptors (Lipinski definition) is 4. The zero-order valence-electron chi connectivity index (χ0n) is 13.3. The topological polar surface area (TPSA) is 68.2 Å². The van der Waals surface area contributed by atoms with Crippen LogP contribution in [0, 0.1) is 0 Å². The molecule has 8 heteroatoms. The van der Waals surface area contributed by atoms with Crippen LogP contribution < -0.4 is 15.4 Å². The number of aromatic nitrogens is 2.